The number of rotatable bonds is 1. The fraction of sp³-hybridized carbons (Fsp3) is 0. The average molecular weight is 290 g/mol. The van der Waals surface area contributed by atoms with E-state index in [1.807, 2.05) is 12.1 Å². The minimum Gasteiger partial charge on any atom is -0.235 e. The molecule has 0 radical (unpaired) electrons. The Hall–Kier alpha value is -2.38. The van der Waals surface area contributed by atoms with Crippen molar-refractivity contribution in [2.45, 2.75) is 0 Å². The Kier molecular flexibility index (Phi) is 2.87. The summed E-state index contributed by atoms with van der Waals surface area (Å²) in [6, 6.07) is 24.9. The number of hydrogen-bond acceptors (Lipinski definition) is 1. The number of fused-ring (bicyclic) bond motifs is 2. The standard InChI is InChI=1S/C19H12ClN/c20-18-11-10-14-6-3-7-17(19(14)21-18)16-9-8-13-4-1-2-5-15(13)12-16/h1-12H. The highest BCUT2D eigenvalue weighted by molar-refractivity contribution is 6.29. The van der Waals surface area contributed by atoms with Gasteiger partial charge in [-0.05, 0) is 34.5 Å². The summed E-state index contributed by atoms with van der Waals surface area (Å²) >= 11 is 6.06. The molecule has 0 fully saturated rings. The Morgan fingerprint density at radius 2 is 1.43 bits per heavy atom. The molecule has 1 aromatic heterocycles. The van der Waals surface area contributed by atoms with Crippen LogP contribution in [0.5, 0.6) is 0 Å². The van der Waals surface area contributed by atoms with Gasteiger partial charge in [0, 0.05) is 10.9 Å². The van der Waals surface area contributed by atoms with Crippen molar-refractivity contribution in [2.24, 2.45) is 0 Å². The van der Waals surface area contributed by atoms with Gasteiger partial charge in [-0.15, -0.1) is 0 Å². The molecule has 0 saturated heterocycles. The van der Waals surface area contributed by atoms with Crippen molar-refractivity contribution in [3.63, 3.8) is 0 Å². The van der Waals surface area contributed by atoms with Crippen molar-refractivity contribution >= 4 is 33.3 Å². The second-order valence-electron chi connectivity index (χ2n) is 5.07. The third kappa shape index (κ3) is 2.16. The maximum Gasteiger partial charge on any atom is 0.129 e. The lowest BCUT2D eigenvalue weighted by atomic mass is 9.99. The maximum absolute atomic E-state index is 6.06. The first kappa shape index (κ1) is 12.4. The smallest absolute Gasteiger partial charge is 0.129 e. The van der Waals surface area contributed by atoms with Crippen molar-refractivity contribution in [3.8, 4) is 11.1 Å². The first-order valence-electron chi connectivity index (χ1n) is 6.86. The minimum absolute atomic E-state index is 0.524. The van der Waals surface area contributed by atoms with E-state index >= 15 is 0 Å². The SMILES string of the molecule is Clc1ccc2cccc(-c3ccc4ccccc4c3)c2n1. The zero-order valence-corrected chi connectivity index (χ0v) is 12.0. The number of pyridine rings is 1. The summed E-state index contributed by atoms with van der Waals surface area (Å²) in [5, 5.41) is 4.10. The summed E-state index contributed by atoms with van der Waals surface area (Å²) < 4.78 is 0. The lowest BCUT2D eigenvalue weighted by molar-refractivity contribution is 1.41. The minimum atomic E-state index is 0.524. The van der Waals surface area contributed by atoms with Crippen LogP contribution < -0.4 is 0 Å². The number of nitrogens with zero attached hydrogens (tertiary/aromatic N) is 1. The van der Waals surface area contributed by atoms with Crippen LogP contribution in [-0.4, -0.2) is 4.98 Å². The molecule has 0 aliphatic carbocycles. The van der Waals surface area contributed by atoms with Crippen molar-refractivity contribution in [3.05, 3.63) is 77.9 Å². The number of hydrogen-bond donors (Lipinski definition) is 0. The molecular weight excluding hydrogens is 278 g/mol. The van der Waals surface area contributed by atoms with Crippen LogP contribution in [0.2, 0.25) is 5.15 Å². The van der Waals surface area contributed by atoms with E-state index in [4.69, 9.17) is 11.6 Å². The van der Waals surface area contributed by atoms with Crippen LogP contribution in [0.15, 0.2) is 72.8 Å². The molecule has 1 heterocycles. The fourth-order valence-corrected chi connectivity index (χ4v) is 2.86. The van der Waals surface area contributed by atoms with Gasteiger partial charge in [0.2, 0.25) is 0 Å². The molecule has 21 heavy (non-hydrogen) atoms. The largest absolute Gasteiger partial charge is 0.235 e. The summed E-state index contributed by atoms with van der Waals surface area (Å²) in [5.41, 5.74) is 3.22. The Balaban J connectivity index is 2.01. The molecule has 0 atom stereocenters. The molecule has 4 aromatic rings. The van der Waals surface area contributed by atoms with E-state index in [1.54, 1.807) is 0 Å². The predicted molar refractivity (Wildman–Crippen MR) is 89.7 cm³/mol. The second kappa shape index (κ2) is 4.87. The van der Waals surface area contributed by atoms with Crippen LogP contribution in [0.4, 0.5) is 0 Å². The Labute approximate surface area is 127 Å². The molecule has 0 bridgehead atoms. The molecule has 0 unspecified atom stereocenters. The molecule has 0 aliphatic rings. The second-order valence-corrected chi connectivity index (χ2v) is 5.46. The van der Waals surface area contributed by atoms with Gasteiger partial charge in [0.1, 0.15) is 5.15 Å². The molecule has 0 saturated carbocycles. The molecule has 0 spiro atoms. The number of para-hydroxylation sites is 1. The summed E-state index contributed by atoms with van der Waals surface area (Å²) in [5.74, 6) is 0. The van der Waals surface area contributed by atoms with E-state index in [2.05, 4.69) is 65.6 Å². The highest BCUT2D eigenvalue weighted by Gasteiger charge is 2.06. The van der Waals surface area contributed by atoms with Crippen LogP contribution in [-0.2, 0) is 0 Å². The van der Waals surface area contributed by atoms with Gasteiger partial charge in [-0.3, -0.25) is 0 Å². The van der Waals surface area contributed by atoms with Crippen LogP contribution in [0.1, 0.15) is 0 Å². The number of aromatic nitrogens is 1. The van der Waals surface area contributed by atoms with Gasteiger partial charge in [-0.1, -0.05) is 66.2 Å². The van der Waals surface area contributed by atoms with Crippen LogP contribution in [0.25, 0.3) is 32.8 Å². The predicted octanol–water partition coefficient (Wildman–Crippen LogP) is 5.71. The van der Waals surface area contributed by atoms with Crippen molar-refractivity contribution in [2.75, 3.05) is 0 Å². The zero-order valence-electron chi connectivity index (χ0n) is 11.3. The van der Waals surface area contributed by atoms with Gasteiger partial charge in [0.15, 0.2) is 0 Å². The molecule has 0 N–H and O–H groups in total. The number of halogens is 1. The zero-order chi connectivity index (χ0) is 14.2. The molecule has 2 heteroatoms. The lowest BCUT2D eigenvalue weighted by Crippen LogP contribution is -1.86. The summed E-state index contributed by atoms with van der Waals surface area (Å²) in [7, 11) is 0. The van der Waals surface area contributed by atoms with Gasteiger partial charge in [-0.25, -0.2) is 4.98 Å². The summed E-state index contributed by atoms with van der Waals surface area (Å²) in [4.78, 5) is 4.50. The average Bonchev–Trinajstić information content (AvgIpc) is 2.54. The monoisotopic (exact) mass is 289 g/mol. The van der Waals surface area contributed by atoms with Gasteiger partial charge in [0.05, 0.1) is 5.52 Å². The Morgan fingerprint density at radius 1 is 0.667 bits per heavy atom. The number of benzene rings is 3. The van der Waals surface area contributed by atoms with Crippen LogP contribution >= 0.6 is 11.6 Å². The van der Waals surface area contributed by atoms with E-state index in [0.29, 0.717) is 5.15 Å². The fourth-order valence-electron chi connectivity index (χ4n) is 2.71. The molecule has 1 nitrogen and oxygen atoms in total. The van der Waals surface area contributed by atoms with Gasteiger partial charge in [0.25, 0.3) is 0 Å². The van der Waals surface area contributed by atoms with E-state index in [0.717, 1.165) is 22.0 Å². The Bertz CT molecular complexity index is 960. The molecular formula is C19H12ClN. The molecule has 3 aromatic carbocycles. The van der Waals surface area contributed by atoms with Crippen molar-refractivity contribution < 1.29 is 0 Å². The summed E-state index contributed by atoms with van der Waals surface area (Å²) in [6.45, 7) is 0. The molecule has 0 amide bonds. The maximum atomic E-state index is 6.06. The normalized spacial score (nSPS) is 11.1. The van der Waals surface area contributed by atoms with E-state index < -0.39 is 0 Å². The quantitative estimate of drug-likeness (QED) is 0.409. The van der Waals surface area contributed by atoms with E-state index in [1.165, 1.54) is 10.8 Å². The molecule has 4 rings (SSSR count). The first-order valence-corrected chi connectivity index (χ1v) is 7.23. The Morgan fingerprint density at radius 3 is 2.33 bits per heavy atom. The van der Waals surface area contributed by atoms with Crippen molar-refractivity contribution in [1.29, 1.82) is 0 Å². The van der Waals surface area contributed by atoms with Crippen LogP contribution in [0, 0.1) is 0 Å². The topological polar surface area (TPSA) is 12.9 Å². The van der Waals surface area contributed by atoms with E-state index in [-0.39, 0.29) is 0 Å². The van der Waals surface area contributed by atoms with Gasteiger partial charge < -0.3 is 0 Å². The van der Waals surface area contributed by atoms with Crippen LogP contribution in [0.3, 0.4) is 0 Å². The lowest BCUT2D eigenvalue weighted by Gasteiger charge is -2.08. The first-order chi connectivity index (χ1) is 10.3. The third-order valence-corrected chi connectivity index (χ3v) is 3.96. The van der Waals surface area contributed by atoms with Gasteiger partial charge in [-0.2, -0.15) is 0 Å². The summed E-state index contributed by atoms with van der Waals surface area (Å²) in [6.07, 6.45) is 0. The highest BCUT2D eigenvalue weighted by Crippen LogP contribution is 2.30. The van der Waals surface area contributed by atoms with Crippen molar-refractivity contribution in [1.82, 2.24) is 4.98 Å². The molecule has 100 valence electrons. The third-order valence-electron chi connectivity index (χ3n) is 3.75. The highest BCUT2D eigenvalue weighted by atomic mass is 35.5. The molecule has 0 aliphatic heterocycles. The van der Waals surface area contributed by atoms with E-state index in [9.17, 15) is 0 Å². The van der Waals surface area contributed by atoms with Gasteiger partial charge >= 0.3 is 0 Å².